The van der Waals surface area contributed by atoms with E-state index in [0.29, 0.717) is 0 Å². The van der Waals surface area contributed by atoms with E-state index in [4.69, 9.17) is 10.9 Å². The monoisotopic (exact) mass is 353 g/mol. The zero-order valence-corrected chi connectivity index (χ0v) is 13.5. The van der Waals surface area contributed by atoms with E-state index in [-0.39, 0.29) is 5.84 Å². The molecular formula is C14H16BrN3OS. The van der Waals surface area contributed by atoms with Gasteiger partial charge in [-0.2, -0.15) is 0 Å². The van der Waals surface area contributed by atoms with Crippen LogP contribution in [-0.2, 0) is 13.1 Å². The van der Waals surface area contributed by atoms with Gasteiger partial charge in [-0.15, -0.1) is 11.3 Å². The number of nitrogens with two attached hydrogens (primary N) is 1. The first kappa shape index (κ1) is 15.0. The van der Waals surface area contributed by atoms with Gasteiger partial charge in [0.25, 0.3) is 0 Å². The first-order chi connectivity index (χ1) is 9.58. The van der Waals surface area contributed by atoms with Crippen LogP contribution >= 0.6 is 27.3 Å². The second-order valence-electron chi connectivity index (χ2n) is 4.56. The average molecular weight is 354 g/mol. The lowest BCUT2D eigenvalue weighted by Gasteiger charge is -2.16. The van der Waals surface area contributed by atoms with Gasteiger partial charge in [-0.25, -0.2) is 0 Å². The van der Waals surface area contributed by atoms with Crippen molar-refractivity contribution in [3.05, 3.63) is 56.2 Å². The molecule has 0 bridgehead atoms. The van der Waals surface area contributed by atoms with Gasteiger partial charge in [0.05, 0.1) is 3.79 Å². The van der Waals surface area contributed by atoms with Crippen molar-refractivity contribution < 1.29 is 5.21 Å². The molecule has 6 heteroatoms. The predicted molar refractivity (Wildman–Crippen MR) is 86.1 cm³/mol. The van der Waals surface area contributed by atoms with Gasteiger partial charge in [0.1, 0.15) is 0 Å². The zero-order valence-electron chi connectivity index (χ0n) is 11.1. The van der Waals surface area contributed by atoms with Crippen LogP contribution in [0.5, 0.6) is 0 Å². The highest BCUT2D eigenvalue weighted by Crippen LogP contribution is 2.23. The molecule has 0 fully saturated rings. The van der Waals surface area contributed by atoms with Gasteiger partial charge in [0.15, 0.2) is 5.84 Å². The molecule has 4 nitrogen and oxygen atoms in total. The molecule has 1 heterocycles. The molecule has 20 heavy (non-hydrogen) atoms. The number of oxime groups is 1. The minimum Gasteiger partial charge on any atom is -0.409 e. The molecule has 2 aromatic rings. The number of amidine groups is 1. The van der Waals surface area contributed by atoms with E-state index >= 15 is 0 Å². The summed E-state index contributed by atoms with van der Waals surface area (Å²) in [7, 11) is 2.07. The Morgan fingerprint density at radius 3 is 2.80 bits per heavy atom. The third kappa shape index (κ3) is 4.06. The molecule has 1 aromatic heterocycles. The van der Waals surface area contributed by atoms with Crippen molar-refractivity contribution in [2.75, 3.05) is 7.05 Å². The van der Waals surface area contributed by atoms with Crippen molar-refractivity contribution in [2.45, 2.75) is 13.1 Å². The van der Waals surface area contributed by atoms with Gasteiger partial charge in [-0.05, 0) is 46.7 Å². The van der Waals surface area contributed by atoms with Crippen LogP contribution in [0.25, 0.3) is 0 Å². The Labute approximate surface area is 130 Å². The molecule has 0 saturated carbocycles. The Hall–Kier alpha value is -1.37. The van der Waals surface area contributed by atoms with Crippen molar-refractivity contribution in [1.29, 1.82) is 0 Å². The molecular weight excluding hydrogens is 338 g/mol. The van der Waals surface area contributed by atoms with Gasteiger partial charge in [-0.3, -0.25) is 4.90 Å². The number of hydrogen-bond donors (Lipinski definition) is 2. The molecule has 0 aliphatic carbocycles. The fraction of sp³-hybridized carbons (Fsp3) is 0.214. The van der Waals surface area contributed by atoms with Crippen molar-refractivity contribution in [2.24, 2.45) is 10.9 Å². The summed E-state index contributed by atoms with van der Waals surface area (Å²) in [5, 5.41) is 11.7. The first-order valence-electron chi connectivity index (χ1n) is 6.08. The minimum absolute atomic E-state index is 0.136. The summed E-state index contributed by atoms with van der Waals surface area (Å²) in [6.07, 6.45) is 0. The number of benzene rings is 1. The Bertz CT molecular complexity index is 612. The van der Waals surface area contributed by atoms with Gasteiger partial charge in [-0.1, -0.05) is 23.4 Å². The van der Waals surface area contributed by atoms with E-state index in [0.717, 1.165) is 28.0 Å². The third-order valence-corrected chi connectivity index (χ3v) is 4.45. The molecule has 106 valence electrons. The largest absolute Gasteiger partial charge is 0.409 e. The Morgan fingerprint density at radius 1 is 1.35 bits per heavy atom. The van der Waals surface area contributed by atoms with Crippen LogP contribution in [0.15, 0.2) is 45.3 Å². The Morgan fingerprint density at radius 2 is 2.15 bits per heavy atom. The lowest BCUT2D eigenvalue weighted by atomic mass is 10.1. The van der Waals surface area contributed by atoms with Crippen molar-refractivity contribution in [3.63, 3.8) is 0 Å². The molecule has 0 amide bonds. The summed E-state index contributed by atoms with van der Waals surface area (Å²) in [5.74, 6) is 0.136. The lowest BCUT2D eigenvalue weighted by molar-refractivity contribution is 0.318. The molecule has 0 radical (unpaired) electrons. The number of halogens is 1. The van der Waals surface area contributed by atoms with Crippen LogP contribution in [0.4, 0.5) is 0 Å². The van der Waals surface area contributed by atoms with E-state index in [1.54, 1.807) is 11.3 Å². The van der Waals surface area contributed by atoms with Gasteiger partial charge >= 0.3 is 0 Å². The molecule has 2 rings (SSSR count). The molecule has 0 atom stereocenters. The second kappa shape index (κ2) is 6.88. The number of nitrogens with zero attached hydrogens (tertiary/aromatic N) is 2. The average Bonchev–Trinajstić information content (AvgIpc) is 2.83. The van der Waals surface area contributed by atoms with Crippen molar-refractivity contribution in [1.82, 2.24) is 4.90 Å². The van der Waals surface area contributed by atoms with Gasteiger partial charge in [0, 0.05) is 23.5 Å². The van der Waals surface area contributed by atoms with E-state index in [9.17, 15) is 0 Å². The van der Waals surface area contributed by atoms with Crippen LogP contribution in [-0.4, -0.2) is 23.0 Å². The number of thiophene rings is 1. The summed E-state index contributed by atoms with van der Waals surface area (Å²) in [5.41, 5.74) is 7.47. The Kier molecular flexibility index (Phi) is 5.17. The minimum atomic E-state index is 0.136. The standard InChI is InChI=1S/C14H16BrN3OS/c1-18(9-12-5-6-13(15)20-12)8-10-3-2-4-11(7-10)14(16)17-19/h2-7,19H,8-9H2,1H3,(H2,16,17). The third-order valence-electron chi connectivity index (χ3n) is 2.84. The quantitative estimate of drug-likeness (QED) is 0.375. The SMILES string of the molecule is CN(Cc1cccc(C(N)=NO)c1)Cc1ccc(Br)s1. The molecule has 0 unspecified atom stereocenters. The van der Waals surface area contributed by atoms with Gasteiger partial charge < -0.3 is 10.9 Å². The van der Waals surface area contributed by atoms with E-state index in [1.165, 1.54) is 4.88 Å². The molecule has 0 aliphatic rings. The number of rotatable bonds is 5. The van der Waals surface area contributed by atoms with E-state index < -0.39 is 0 Å². The lowest BCUT2D eigenvalue weighted by Crippen LogP contribution is -2.18. The predicted octanol–water partition coefficient (Wildman–Crippen LogP) is 3.24. The highest BCUT2D eigenvalue weighted by atomic mass is 79.9. The maximum atomic E-state index is 8.71. The van der Waals surface area contributed by atoms with E-state index in [2.05, 4.69) is 45.2 Å². The maximum Gasteiger partial charge on any atom is 0.170 e. The molecule has 0 spiro atoms. The first-order valence-corrected chi connectivity index (χ1v) is 7.69. The molecule has 3 N–H and O–H groups in total. The fourth-order valence-corrected chi connectivity index (χ4v) is 3.52. The summed E-state index contributed by atoms with van der Waals surface area (Å²) in [6, 6.07) is 11.9. The normalized spacial score (nSPS) is 12.1. The highest BCUT2D eigenvalue weighted by Gasteiger charge is 2.06. The molecule has 0 aliphatic heterocycles. The summed E-state index contributed by atoms with van der Waals surface area (Å²) in [4.78, 5) is 3.54. The van der Waals surface area contributed by atoms with Crippen LogP contribution in [0, 0.1) is 0 Å². The topological polar surface area (TPSA) is 61.8 Å². The summed E-state index contributed by atoms with van der Waals surface area (Å²) in [6.45, 7) is 1.70. The zero-order chi connectivity index (χ0) is 14.5. The van der Waals surface area contributed by atoms with E-state index in [1.807, 2.05) is 24.3 Å². The van der Waals surface area contributed by atoms with Crippen LogP contribution < -0.4 is 5.73 Å². The molecule has 1 aromatic carbocycles. The molecule has 0 saturated heterocycles. The highest BCUT2D eigenvalue weighted by molar-refractivity contribution is 9.11. The summed E-state index contributed by atoms with van der Waals surface area (Å²) >= 11 is 5.21. The van der Waals surface area contributed by atoms with Crippen molar-refractivity contribution in [3.8, 4) is 0 Å². The maximum absolute atomic E-state index is 8.71. The Balaban J connectivity index is 2.02. The van der Waals surface area contributed by atoms with Crippen molar-refractivity contribution >= 4 is 33.1 Å². The van der Waals surface area contributed by atoms with Crippen LogP contribution in [0.1, 0.15) is 16.0 Å². The number of hydrogen-bond acceptors (Lipinski definition) is 4. The smallest absolute Gasteiger partial charge is 0.170 e. The van der Waals surface area contributed by atoms with Gasteiger partial charge in [0.2, 0.25) is 0 Å². The van der Waals surface area contributed by atoms with Crippen LogP contribution in [0.2, 0.25) is 0 Å². The summed E-state index contributed by atoms with van der Waals surface area (Å²) < 4.78 is 1.15. The fourth-order valence-electron chi connectivity index (χ4n) is 1.96. The van der Waals surface area contributed by atoms with Crippen LogP contribution in [0.3, 0.4) is 0 Å². The second-order valence-corrected chi connectivity index (χ2v) is 7.11.